The van der Waals surface area contributed by atoms with Crippen LogP contribution in [0.3, 0.4) is 0 Å². The van der Waals surface area contributed by atoms with E-state index in [1.807, 2.05) is 11.3 Å². The maximum atomic E-state index is 4.86. The summed E-state index contributed by atoms with van der Waals surface area (Å²) in [5, 5.41) is 0. The van der Waals surface area contributed by atoms with Gasteiger partial charge in [0.05, 0.1) is 11.7 Å². The fourth-order valence-electron chi connectivity index (χ4n) is 7.36. The lowest BCUT2D eigenvalue weighted by Gasteiger charge is -2.38. The van der Waals surface area contributed by atoms with Crippen LogP contribution >= 0.6 is 34.4 Å². The quantitative estimate of drug-likeness (QED) is 0.132. The Labute approximate surface area is 267 Å². The van der Waals surface area contributed by atoms with E-state index in [1.54, 1.807) is 25.8 Å². The summed E-state index contributed by atoms with van der Waals surface area (Å²) in [7, 11) is 0. The van der Waals surface area contributed by atoms with E-state index in [0.717, 1.165) is 22.9 Å². The molecule has 4 aromatic rings. The number of thiophene rings is 2. The van der Waals surface area contributed by atoms with Crippen molar-refractivity contribution in [2.75, 3.05) is 0 Å². The van der Waals surface area contributed by atoms with Crippen LogP contribution in [0.15, 0.2) is 24.3 Å². The van der Waals surface area contributed by atoms with Crippen molar-refractivity contribution in [1.82, 2.24) is 8.75 Å². The van der Waals surface area contributed by atoms with Gasteiger partial charge in [0.2, 0.25) is 0 Å². The van der Waals surface area contributed by atoms with E-state index in [2.05, 4.69) is 91.0 Å². The zero-order chi connectivity index (χ0) is 30.0. The monoisotopic (exact) mass is 620 g/mol. The number of rotatable bonds is 15. The van der Waals surface area contributed by atoms with Gasteiger partial charge in [-0.15, -0.1) is 22.7 Å². The average Bonchev–Trinajstić information content (AvgIpc) is 3.76. The highest BCUT2D eigenvalue weighted by molar-refractivity contribution is 7.24. The summed E-state index contributed by atoms with van der Waals surface area (Å²) in [6, 6.07) is 9.91. The highest BCUT2D eigenvalue weighted by Gasteiger charge is 2.48. The lowest BCUT2D eigenvalue weighted by Crippen LogP contribution is -2.31. The van der Waals surface area contributed by atoms with Gasteiger partial charge in [-0.25, -0.2) is 0 Å². The van der Waals surface area contributed by atoms with Crippen LogP contribution in [-0.2, 0) is 5.41 Å². The molecule has 0 fully saturated rings. The van der Waals surface area contributed by atoms with Crippen LogP contribution in [0.1, 0.15) is 153 Å². The molecule has 0 bridgehead atoms. The Bertz CT molecular complexity index is 1450. The Balaban J connectivity index is 1.71. The number of fused-ring (bicyclic) bond motifs is 4. The first-order valence-corrected chi connectivity index (χ1v) is 19.2. The first kappa shape index (κ1) is 31.9. The van der Waals surface area contributed by atoms with Gasteiger partial charge in [-0.2, -0.15) is 8.75 Å². The van der Waals surface area contributed by atoms with E-state index in [1.165, 1.54) is 91.9 Å². The molecule has 1 aliphatic rings. The van der Waals surface area contributed by atoms with Gasteiger partial charge < -0.3 is 0 Å². The second-order valence-corrected chi connectivity index (χ2v) is 16.2. The SMILES string of the molecule is CCCCC(CC)CC1(CC(CC)CCCC)c2cc(-c3ccc(C(C)C)c4nsnc34)sc2-c2sc(C(C)C)cc21. The molecule has 2 atom stereocenters. The van der Waals surface area contributed by atoms with Crippen molar-refractivity contribution in [2.45, 2.75) is 137 Å². The minimum atomic E-state index is 0.114. The van der Waals surface area contributed by atoms with Crippen molar-refractivity contribution in [3.8, 4) is 20.2 Å². The first-order chi connectivity index (χ1) is 20.3. The van der Waals surface area contributed by atoms with Crippen molar-refractivity contribution >= 4 is 45.4 Å². The number of nitrogens with zero attached hydrogens (tertiary/aromatic N) is 2. The predicted molar refractivity (Wildman–Crippen MR) is 189 cm³/mol. The third kappa shape index (κ3) is 5.92. The Kier molecular flexibility index (Phi) is 10.3. The van der Waals surface area contributed by atoms with E-state index >= 15 is 0 Å². The second kappa shape index (κ2) is 13.6. The first-order valence-electron chi connectivity index (χ1n) is 16.8. The summed E-state index contributed by atoms with van der Waals surface area (Å²) in [6.45, 7) is 18.8. The van der Waals surface area contributed by atoms with Crippen LogP contribution in [-0.4, -0.2) is 8.75 Å². The third-order valence-corrected chi connectivity index (χ3v) is 13.3. The lowest BCUT2D eigenvalue weighted by atomic mass is 9.65. The molecule has 3 aromatic heterocycles. The summed E-state index contributed by atoms with van der Waals surface area (Å²) in [5.41, 5.74) is 8.19. The van der Waals surface area contributed by atoms with Gasteiger partial charge in [0.25, 0.3) is 0 Å². The molecule has 1 aliphatic carbocycles. The average molecular weight is 621 g/mol. The smallest absolute Gasteiger partial charge is 0.113 e. The molecule has 0 N–H and O–H groups in total. The van der Waals surface area contributed by atoms with Gasteiger partial charge in [0, 0.05) is 30.5 Å². The maximum Gasteiger partial charge on any atom is 0.113 e. The molecule has 2 nitrogen and oxygen atoms in total. The summed E-state index contributed by atoms with van der Waals surface area (Å²) < 4.78 is 9.63. The summed E-state index contributed by atoms with van der Waals surface area (Å²) in [6.07, 6.45) is 13.1. The minimum Gasteiger partial charge on any atom is -0.173 e. The molecule has 5 rings (SSSR count). The van der Waals surface area contributed by atoms with Crippen LogP contribution in [0.2, 0.25) is 0 Å². The van der Waals surface area contributed by atoms with Gasteiger partial charge in [0.1, 0.15) is 11.0 Å². The van der Waals surface area contributed by atoms with Crippen LogP contribution < -0.4 is 0 Å². The third-order valence-electron chi connectivity index (χ3n) is 9.98. The Hall–Kier alpha value is -1.56. The molecule has 228 valence electrons. The zero-order valence-corrected chi connectivity index (χ0v) is 29.8. The van der Waals surface area contributed by atoms with Crippen LogP contribution in [0.5, 0.6) is 0 Å². The largest absolute Gasteiger partial charge is 0.173 e. The fourth-order valence-corrected chi connectivity index (χ4v) is 10.6. The van der Waals surface area contributed by atoms with Crippen LogP contribution in [0.25, 0.3) is 31.2 Å². The molecule has 2 unspecified atom stereocenters. The topological polar surface area (TPSA) is 25.8 Å². The molecule has 0 spiro atoms. The standard InChI is InChI=1S/C37H52N2S3/c1-9-13-15-25(11-3)21-37(22-26(12-4)16-14-10-2)29-19-31(24(7)8)40-35(29)36-30(37)20-32(41-36)28-18-17-27(23(5)6)33-34(28)39-42-38-33/h17-20,23-26H,9-16,21-22H2,1-8H3. The summed E-state index contributed by atoms with van der Waals surface area (Å²) in [5.74, 6) is 2.53. The van der Waals surface area contributed by atoms with Gasteiger partial charge >= 0.3 is 0 Å². The van der Waals surface area contributed by atoms with Crippen molar-refractivity contribution in [2.24, 2.45) is 11.8 Å². The molecule has 42 heavy (non-hydrogen) atoms. The molecular weight excluding hydrogens is 569 g/mol. The normalized spacial score (nSPS) is 17.9. The van der Waals surface area contributed by atoms with Gasteiger partial charge in [-0.3, -0.25) is 0 Å². The van der Waals surface area contributed by atoms with Crippen molar-refractivity contribution in [3.63, 3.8) is 0 Å². The molecule has 0 radical (unpaired) electrons. The molecule has 0 aliphatic heterocycles. The van der Waals surface area contributed by atoms with Gasteiger partial charge in [0.15, 0.2) is 0 Å². The number of hydrogen-bond donors (Lipinski definition) is 0. The second-order valence-electron chi connectivity index (χ2n) is 13.5. The molecule has 0 saturated carbocycles. The highest BCUT2D eigenvalue weighted by Crippen LogP contribution is 2.62. The van der Waals surface area contributed by atoms with E-state index < -0.39 is 0 Å². The van der Waals surface area contributed by atoms with Crippen LogP contribution in [0, 0.1) is 11.8 Å². The molecular formula is C37H52N2S3. The molecule has 0 saturated heterocycles. The molecule has 3 heterocycles. The van der Waals surface area contributed by atoms with Gasteiger partial charge in [-0.05, 0) is 65.3 Å². The zero-order valence-electron chi connectivity index (χ0n) is 27.3. The van der Waals surface area contributed by atoms with Crippen molar-refractivity contribution in [1.29, 1.82) is 0 Å². The molecule has 1 aromatic carbocycles. The molecule has 5 heteroatoms. The highest BCUT2D eigenvalue weighted by atomic mass is 32.1. The number of benzene rings is 1. The molecule has 0 amide bonds. The van der Waals surface area contributed by atoms with Crippen molar-refractivity contribution < 1.29 is 0 Å². The Morgan fingerprint density at radius 2 is 1.31 bits per heavy atom. The predicted octanol–water partition coefficient (Wildman–Crippen LogP) is 13.2. The fraction of sp³-hybridized carbons (Fsp3) is 0.622. The Morgan fingerprint density at radius 3 is 1.88 bits per heavy atom. The van der Waals surface area contributed by atoms with Crippen molar-refractivity contribution in [3.05, 3.63) is 45.8 Å². The number of unbranched alkanes of at least 4 members (excludes halogenated alkanes) is 2. The lowest BCUT2D eigenvalue weighted by molar-refractivity contribution is 0.266. The number of hydrogen-bond acceptors (Lipinski definition) is 5. The Morgan fingerprint density at radius 1 is 0.714 bits per heavy atom. The maximum absolute atomic E-state index is 4.86. The van der Waals surface area contributed by atoms with E-state index in [9.17, 15) is 0 Å². The number of aromatic nitrogens is 2. The minimum absolute atomic E-state index is 0.114. The van der Waals surface area contributed by atoms with E-state index in [-0.39, 0.29) is 5.41 Å². The summed E-state index contributed by atoms with van der Waals surface area (Å²) >= 11 is 5.48. The summed E-state index contributed by atoms with van der Waals surface area (Å²) in [4.78, 5) is 6.07. The van der Waals surface area contributed by atoms with E-state index in [4.69, 9.17) is 8.75 Å². The van der Waals surface area contributed by atoms with Gasteiger partial charge in [-0.1, -0.05) is 119 Å². The van der Waals surface area contributed by atoms with E-state index in [0.29, 0.717) is 11.8 Å². The van der Waals surface area contributed by atoms with Crippen LogP contribution in [0.4, 0.5) is 0 Å².